The van der Waals surface area contributed by atoms with Gasteiger partial charge in [-0.15, -0.1) is 0 Å². The van der Waals surface area contributed by atoms with Crippen molar-refractivity contribution in [2.75, 3.05) is 19.4 Å². The molecule has 16 heavy (non-hydrogen) atoms. The summed E-state index contributed by atoms with van der Waals surface area (Å²) in [5, 5.41) is 5.63. The highest BCUT2D eigenvalue weighted by Crippen LogP contribution is 2.24. The van der Waals surface area contributed by atoms with Crippen LogP contribution < -0.4 is 10.7 Å². The molecule has 1 aliphatic carbocycles. The van der Waals surface area contributed by atoms with E-state index in [0.717, 1.165) is 5.69 Å². The molecule has 0 spiro atoms. The first-order valence-corrected chi connectivity index (χ1v) is 5.93. The monoisotopic (exact) mass is 235 g/mol. The Labute approximate surface area is 102 Å². The quantitative estimate of drug-likeness (QED) is 0.605. The van der Waals surface area contributed by atoms with Crippen molar-refractivity contribution in [2.45, 2.75) is 19.3 Å². The SMILES string of the molecule is CN(C)NC(=S)Nc1ccc2c(c1)CCC2. The summed E-state index contributed by atoms with van der Waals surface area (Å²) in [6, 6.07) is 6.49. The molecule has 86 valence electrons. The molecule has 0 radical (unpaired) electrons. The molecule has 0 saturated carbocycles. The van der Waals surface area contributed by atoms with E-state index >= 15 is 0 Å². The first-order chi connectivity index (χ1) is 7.65. The molecule has 0 bridgehead atoms. The number of nitrogens with zero attached hydrogens (tertiary/aromatic N) is 1. The molecule has 0 unspecified atom stereocenters. The van der Waals surface area contributed by atoms with Crippen LogP contribution in [0, 0.1) is 0 Å². The molecule has 4 heteroatoms. The van der Waals surface area contributed by atoms with E-state index in [1.807, 2.05) is 19.1 Å². The van der Waals surface area contributed by atoms with Gasteiger partial charge >= 0.3 is 0 Å². The molecule has 0 amide bonds. The third-order valence-electron chi connectivity index (χ3n) is 2.68. The van der Waals surface area contributed by atoms with Gasteiger partial charge in [-0.2, -0.15) is 0 Å². The van der Waals surface area contributed by atoms with Crippen LogP contribution in [-0.4, -0.2) is 24.2 Å². The largest absolute Gasteiger partial charge is 0.332 e. The number of hydrazine groups is 1. The summed E-state index contributed by atoms with van der Waals surface area (Å²) in [4.78, 5) is 0. The summed E-state index contributed by atoms with van der Waals surface area (Å²) in [5.41, 5.74) is 7.02. The average Bonchev–Trinajstić information content (AvgIpc) is 2.63. The Hall–Kier alpha value is -1.13. The molecule has 3 nitrogen and oxygen atoms in total. The van der Waals surface area contributed by atoms with E-state index in [9.17, 15) is 0 Å². The third kappa shape index (κ3) is 2.71. The topological polar surface area (TPSA) is 27.3 Å². The number of benzene rings is 1. The molecule has 0 fully saturated rings. The van der Waals surface area contributed by atoms with Crippen LogP contribution in [0.15, 0.2) is 18.2 Å². The zero-order valence-corrected chi connectivity index (χ0v) is 10.5. The van der Waals surface area contributed by atoms with Crippen molar-refractivity contribution in [2.24, 2.45) is 0 Å². The molecule has 0 atom stereocenters. The number of nitrogens with one attached hydrogen (secondary N) is 2. The van der Waals surface area contributed by atoms with Crippen LogP contribution in [0.1, 0.15) is 17.5 Å². The number of hydrogen-bond acceptors (Lipinski definition) is 2. The lowest BCUT2D eigenvalue weighted by molar-refractivity contribution is 0.365. The maximum absolute atomic E-state index is 5.18. The van der Waals surface area contributed by atoms with E-state index in [4.69, 9.17) is 12.2 Å². The molecule has 0 aromatic heterocycles. The minimum atomic E-state index is 0.628. The van der Waals surface area contributed by atoms with Crippen molar-refractivity contribution in [3.8, 4) is 0 Å². The zero-order valence-electron chi connectivity index (χ0n) is 9.71. The van der Waals surface area contributed by atoms with E-state index in [0.29, 0.717) is 5.11 Å². The molecular formula is C12H17N3S. The van der Waals surface area contributed by atoms with Crippen molar-refractivity contribution in [3.05, 3.63) is 29.3 Å². The van der Waals surface area contributed by atoms with Gasteiger partial charge in [0.25, 0.3) is 0 Å². The van der Waals surface area contributed by atoms with E-state index in [2.05, 4.69) is 28.9 Å². The smallest absolute Gasteiger partial charge is 0.185 e. The highest BCUT2D eigenvalue weighted by Gasteiger charge is 2.10. The fourth-order valence-electron chi connectivity index (χ4n) is 2.01. The molecule has 0 heterocycles. The van der Waals surface area contributed by atoms with Gasteiger partial charge in [-0.1, -0.05) is 6.07 Å². The summed E-state index contributed by atoms with van der Waals surface area (Å²) < 4.78 is 0. The number of rotatable bonds is 2. The summed E-state index contributed by atoms with van der Waals surface area (Å²) >= 11 is 5.18. The molecular weight excluding hydrogens is 218 g/mol. The first-order valence-electron chi connectivity index (χ1n) is 5.52. The predicted octanol–water partition coefficient (Wildman–Crippen LogP) is 1.94. The van der Waals surface area contributed by atoms with Gasteiger partial charge in [-0.3, -0.25) is 5.43 Å². The summed E-state index contributed by atoms with van der Waals surface area (Å²) in [6.45, 7) is 0. The second kappa shape index (κ2) is 4.80. The summed E-state index contributed by atoms with van der Waals surface area (Å²) in [6.07, 6.45) is 3.69. The highest BCUT2D eigenvalue weighted by atomic mass is 32.1. The lowest BCUT2D eigenvalue weighted by atomic mass is 10.1. The molecule has 1 aliphatic rings. The van der Waals surface area contributed by atoms with Crippen molar-refractivity contribution >= 4 is 23.0 Å². The summed E-state index contributed by atoms with van der Waals surface area (Å²) in [5.74, 6) is 0. The minimum Gasteiger partial charge on any atom is -0.332 e. The van der Waals surface area contributed by atoms with Crippen molar-refractivity contribution in [3.63, 3.8) is 0 Å². The molecule has 0 saturated heterocycles. The molecule has 2 rings (SSSR count). The number of hydrogen-bond donors (Lipinski definition) is 2. The van der Waals surface area contributed by atoms with Crippen LogP contribution in [0.4, 0.5) is 5.69 Å². The van der Waals surface area contributed by atoms with Crippen LogP contribution in [0.5, 0.6) is 0 Å². The van der Waals surface area contributed by atoms with Crippen molar-refractivity contribution < 1.29 is 0 Å². The predicted molar refractivity (Wildman–Crippen MR) is 71.5 cm³/mol. The lowest BCUT2D eigenvalue weighted by Gasteiger charge is -2.16. The van der Waals surface area contributed by atoms with E-state index < -0.39 is 0 Å². The maximum Gasteiger partial charge on any atom is 0.185 e. The van der Waals surface area contributed by atoms with Gasteiger partial charge in [0.05, 0.1) is 0 Å². The van der Waals surface area contributed by atoms with Crippen LogP contribution in [0.25, 0.3) is 0 Å². The molecule has 1 aromatic carbocycles. The van der Waals surface area contributed by atoms with Gasteiger partial charge in [0.15, 0.2) is 5.11 Å². The Morgan fingerprint density at radius 2 is 2.00 bits per heavy atom. The second-order valence-electron chi connectivity index (χ2n) is 4.30. The fraction of sp³-hybridized carbons (Fsp3) is 0.417. The minimum absolute atomic E-state index is 0.628. The van der Waals surface area contributed by atoms with Gasteiger partial charge in [0.1, 0.15) is 0 Å². The number of thiocarbonyl (C=S) groups is 1. The fourth-order valence-corrected chi connectivity index (χ4v) is 2.31. The van der Waals surface area contributed by atoms with Crippen molar-refractivity contribution in [1.29, 1.82) is 0 Å². The van der Waals surface area contributed by atoms with E-state index in [1.54, 1.807) is 0 Å². The first kappa shape index (κ1) is 11.4. The van der Waals surface area contributed by atoms with Gasteiger partial charge in [-0.25, -0.2) is 5.01 Å². The Morgan fingerprint density at radius 3 is 2.75 bits per heavy atom. The third-order valence-corrected chi connectivity index (χ3v) is 2.87. The van der Waals surface area contributed by atoms with Gasteiger partial charge in [-0.05, 0) is 54.7 Å². The normalized spacial score (nSPS) is 13.7. The van der Waals surface area contributed by atoms with Crippen LogP contribution >= 0.6 is 12.2 Å². The van der Waals surface area contributed by atoms with Crippen LogP contribution in [0.3, 0.4) is 0 Å². The highest BCUT2D eigenvalue weighted by molar-refractivity contribution is 7.80. The second-order valence-corrected chi connectivity index (χ2v) is 4.71. The van der Waals surface area contributed by atoms with E-state index in [1.165, 1.54) is 30.4 Å². The lowest BCUT2D eigenvalue weighted by Crippen LogP contribution is -2.38. The van der Waals surface area contributed by atoms with E-state index in [-0.39, 0.29) is 0 Å². The van der Waals surface area contributed by atoms with Gasteiger partial charge in [0, 0.05) is 19.8 Å². The maximum atomic E-state index is 5.18. The molecule has 2 N–H and O–H groups in total. The molecule has 1 aromatic rings. The van der Waals surface area contributed by atoms with Crippen LogP contribution in [0.2, 0.25) is 0 Å². The van der Waals surface area contributed by atoms with Crippen molar-refractivity contribution in [1.82, 2.24) is 10.4 Å². The number of fused-ring (bicyclic) bond motifs is 1. The average molecular weight is 235 g/mol. The van der Waals surface area contributed by atoms with Gasteiger partial charge < -0.3 is 5.32 Å². The summed E-state index contributed by atoms with van der Waals surface area (Å²) in [7, 11) is 3.83. The zero-order chi connectivity index (χ0) is 11.5. The Balaban J connectivity index is 2.02. The number of anilines is 1. The van der Waals surface area contributed by atoms with Gasteiger partial charge in [0.2, 0.25) is 0 Å². The number of aryl methyl sites for hydroxylation is 2. The Morgan fingerprint density at radius 1 is 1.25 bits per heavy atom. The van der Waals surface area contributed by atoms with Crippen LogP contribution in [-0.2, 0) is 12.8 Å². The standard InChI is InChI=1S/C12H17N3S/c1-15(2)14-12(16)13-11-7-6-9-4-3-5-10(9)8-11/h6-8H,3-5H2,1-2H3,(H2,13,14,16). The Kier molecular flexibility index (Phi) is 3.41. The molecule has 0 aliphatic heterocycles. The Bertz CT molecular complexity index is 401.